The molecule has 0 fully saturated rings. The van der Waals surface area contributed by atoms with E-state index >= 15 is 0 Å². The minimum atomic E-state index is 1.22. The van der Waals surface area contributed by atoms with E-state index in [4.69, 9.17) is 0 Å². The highest BCUT2D eigenvalue weighted by atomic mass is 14.2. The molecule has 0 aliphatic heterocycles. The van der Waals surface area contributed by atoms with Gasteiger partial charge in [-0.3, -0.25) is 0 Å². The van der Waals surface area contributed by atoms with Crippen molar-refractivity contribution in [1.29, 1.82) is 0 Å². The zero-order chi connectivity index (χ0) is 32.2. The molecule has 0 aromatic heterocycles. The first-order valence-corrected chi connectivity index (χ1v) is 16.8. The van der Waals surface area contributed by atoms with Crippen LogP contribution in [0.1, 0.15) is 11.1 Å². The van der Waals surface area contributed by atoms with E-state index in [2.05, 4.69) is 184 Å². The van der Waals surface area contributed by atoms with Crippen LogP contribution in [0, 0.1) is 13.8 Å². The summed E-state index contributed by atoms with van der Waals surface area (Å²) in [7, 11) is 0. The van der Waals surface area contributed by atoms with E-state index in [1.807, 2.05) is 0 Å². The zero-order valence-corrected chi connectivity index (χ0v) is 27.2. The Morgan fingerprint density at radius 2 is 0.604 bits per heavy atom. The van der Waals surface area contributed by atoms with Gasteiger partial charge in [-0.05, 0) is 137 Å². The van der Waals surface area contributed by atoms with Crippen molar-refractivity contribution in [2.45, 2.75) is 13.8 Å². The molecule has 0 atom stereocenters. The number of hydrogen-bond acceptors (Lipinski definition) is 0. The molecule has 9 aromatic carbocycles. The van der Waals surface area contributed by atoms with Gasteiger partial charge in [-0.2, -0.15) is 0 Å². The Bertz CT molecular complexity index is 2490. The third kappa shape index (κ3) is 4.69. The number of hydrogen-bond donors (Lipinski definition) is 0. The molecule has 0 heteroatoms. The molecule has 0 bridgehead atoms. The highest BCUT2D eigenvalue weighted by Gasteiger charge is 2.14. The summed E-state index contributed by atoms with van der Waals surface area (Å²) in [4.78, 5) is 0. The molecule has 0 radical (unpaired) electrons. The summed E-state index contributed by atoms with van der Waals surface area (Å²) in [6.07, 6.45) is 0. The smallest absolute Gasteiger partial charge is 0.00930 e. The lowest BCUT2D eigenvalue weighted by Crippen LogP contribution is -1.89. The van der Waals surface area contributed by atoms with Gasteiger partial charge in [0.05, 0.1) is 0 Å². The lowest BCUT2D eigenvalue weighted by atomic mass is 9.88. The van der Waals surface area contributed by atoms with Gasteiger partial charge in [-0.1, -0.05) is 146 Å². The van der Waals surface area contributed by atoms with E-state index < -0.39 is 0 Å². The Kier molecular flexibility index (Phi) is 6.69. The second-order valence-corrected chi connectivity index (χ2v) is 13.0. The van der Waals surface area contributed by atoms with Gasteiger partial charge in [-0.25, -0.2) is 0 Å². The molecule has 0 aliphatic carbocycles. The maximum Gasteiger partial charge on any atom is -0.00930 e. The molecular formula is C48H34. The van der Waals surface area contributed by atoms with Gasteiger partial charge in [0.15, 0.2) is 0 Å². The van der Waals surface area contributed by atoms with Crippen molar-refractivity contribution < 1.29 is 0 Å². The summed E-state index contributed by atoms with van der Waals surface area (Å²) in [5, 5.41) is 10.3. The summed E-state index contributed by atoms with van der Waals surface area (Å²) < 4.78 is 0. The van der Waals surface area contributed by atoms with Crippen LogP contribution in [-0.4, -0.2) is 0 Å². The van der Waals surface area contributed by atoms with Crippen LogP contribution >= 0.6 is 0 Å². The van der Waals surface area contributed by atoms with Crippen LogP contribution in [0.25, 0.3) is 87.6 Å². The maximum absolute atomic E-state index is 2.38. The second kappa shape index (κ2) is 11.4. The number of aryl methyl sites for hydroxylation is 2. The van der Waals surface area contributed by atoms with Crippen LogP contribution in [-0.2, 0) is 0 Å². The summed E-state index contributed by atoms with van der Waals surface area (Å²) in [5.41, 5.74) is 12.6. The molecule has 9 rings (SSSR count). The number of rotatable bonds is 4. The van der Waals surface area contributed by atoms with E-state index in [-0.39, 0.29) is 0 Å². The number of fused-ring (bicyclic) bond motifs is 4. The maximum atomic E-state index is 2.38. The molecule has 0 N–H and O–H groups in total. The monoisotopic (exact) mass is 610 g/mol. The third-order valence-electron chi connectivity index (χ3n) is 10.1. The molecule has 0 saturated carbocycles. The Morgan fingerprint density at radius 1 is 0.250 bits per heavy atom. The highest BCUT2D eigenvalue weighted by molar-refractivity contribution is 6.09. The Morgan fingerprint density at radius 3 is 1.02 bits per heavy atom. The zero-order valence-electron chi connectivity index (χ0n) is 27.2. The van der Waals surface area contributed by atoms with Crippen molar-refractivity contribution in [3.05, 3.63) is 181 Å². The molecule has 0 heterocycles. The lowest BCUT2D eigenvalue weighted by Gasteiger charge is -2.16. The van der Waals surface area contributed by atoms with Crippen LogP contribution in [0.2, 0.25) is 0 Å². The van der Waals surface area contributed by atoms with Crippen molar-refractivity contribution in [2.24, 2.45) is 0 Å². The minimum Gasteiger partial charge on any atom is -0.0616 e. The first-order valence-electron chi connectivity index (χ1n) is 16.8. The summed E-state index contributed by atoms with van der Waals surface area (Å²) >= 11 is 0. The van der Waals surface area contributed by atoms with Crippen LogP contribution in [0.4, 0.5) is 0 Å². The minimum absolute atomic E-state index is 1.22. The molecule has 9 aromatic rings. The molecule has 0 saturated heterocycles. The van der Waals surface area contributed by atoms with E-state index in [0.29, 0.717) is 0 Å². The Balaban J connectivity index is 1.18. The predicted molar refractivity (Wildman–Crippen MR) is 208 cm³/mol. The van der Waals surface area contributed by atoms with E-state index in [0.717, 1.165) is 0 Å². The van der Waals surface area contributed by atoms with Gasteiger partial charge < -0.3 is 0 Å². The highest BCUT2D eigenvalue weighted by Crippen LogP contribution is 2.41. The van der Waals surface area contributed by atoms with Crippen molar-refractivity contribution >= 4 is 43.1 Å². The molecule has 226 valence electrons. The Hall–Kier alpha value is -5.98. The largest absolute Gasteiger partial charge is 0.0616 e. The van der Waals surface area contributed by atoms with Crippen molar-refractivity contribution in [3.8, 4) is 44.5 Å². The molecule has 0 amide bonds. The van der Waals surface area contributed by atoms with E-state index in [9.17, 15) is 0 Å². The van der Waals surface area contributed by atoms with E-state index in [1.165, 1.54) is 98.7 Å². The van der Waals surface area contributed by atoms with Gasteiger partial charge in [-0.15, -0.1) is 0 Å². The third-order valence-corrected chi connectivity index (χ3v) is 10.1. The number of benzene rings is 9. The fraction of sp³-hybridized carbons (Fsp3) is 0.0417. The first-order chi connectivity index (χ1) is 23.6. The van der Waals surface area contributed by atoms with Gasteiger partial charge in [0.1, 0.15) is 0 Å². The van der Waals surface area contributed by atoms with Crippen molar-refractivity contribution in [3.63, 3.8) is 0 Å². The van der Waals surface area contributed by atoms with Crippen LogP contribution in [0.3, 0.4) is 0 Å². The summed E-state index contributed by atoms with van der Waals surface area (Å²) in [5.74, 6) is 0. The van der Waals surface area contributed by atoms with Crippen LogP contribution < -0.4 is 0 Å². The Labute approximate surface area is 281 Å². The van der Waals surface area contributed by atoms with E-state index in [1.54, 1.807) is 0 Å². The fourth-order valence-corrected chi connectivity index (χ4v) is 7.62. The van der Waals surface area contributed by atoms with Gasteiger partial charge >= 0.3 is 0 Å². The molecule has 0 spiro atoms. The molecule has 0 unspecified atom stereocenters. The first kappa shape index (κ1) is 28.3. The van der Waals surface area contributed by atoms with Crippen molar-refractivity contribution in [2.75, 3.05) is 0 Å². The standard InChI is InChI=1S/C48H34/c1-31-19-25-45(43-17-9-7-13-39(31)43)47-29-37(27-35-11-3-5-15-41(35)47)33-21-23-34(24-22-33)38-28-36-12-4-6-16-42(36)48(30-38)46-26-20-32(2)40-14-8-10-18-44(40)46/h3-30H,1-2H3. The molecular weight excluding hydrogens is 577 g/mol. The van der Waals surface area contributed by atoms with Gasteiger partial charge in [0.25, 0.3) is 0 Å². The molecule has 48 heavy (non-hydrogen) atoms. The quantitative estimate of drug-likeness (QED) is 0.186. The van der Waals surface area contributed by atoms with Gasteiger partial charge in [0, 0.05) is 0 Å². The fourth-order valence-electron chi connectivity index (χ4n) is 7.62. The summed E-state index contributed by atoms with van der Waals surface area (Å²) in [6.45, 7) is 4.40. The topological polar surface area (TPSA) is 0 Å². The van der Waals surface area contributed by atoms with Crippen LogP contribution in [0.15, 0.2) is 170 Å². The normalized spacial score (nSPS) is 11.5. The average molecular weight is 611 g/mol. The van der Waals surface area contributed by atoms with Crippen molar-refractivity contribution in [1.82, 2.24) is 0 Å². The lowest BCUT2D eigenvalue weighted by molar-refractivity contribution is 1.52. The SMILES string of the molecule is Cc1ccc(-c2cc(-c3ccc(-c4cc(-c5ccc(C)c6ccccc56)c5ccccc5c4)cc3)cc3ccccc23)c2ccccc12. The van der Waals surface area contributed by atoms with Crippen LogP contribution in [0.5, 0.6) is 0 Å². The van der Waals surface area contributed by atoms with Gasteiger partial charge in [0.2, 0.25) is 0 Å². The second-order valence-electron chi connectivity index (χ2n) is 13.0. The average Bonchev–Trinajstić information content (AvgIpc) is 3.15. The molecule has 0 aliphatic rings. The predicted octanol–water partition coefficient (Wildman–Crippen LogP) is 13.6. The molecule has 0 nitrogen and oxygen atoms in total. The summed E-state index contributed by atoms with van der Waals surface area (Å²) in [6, 6.07) is 62.8.